The Balaban J connectivity index is 1.42. The van der Waals surface area contributed by atoms with E-state index in [1.54, 1.807) is 17.2 Å². The summed E-state index contributed by atoms with van der Waals surface area (Å²) in [7, 11) is 1.38. The molecule has 1 fully saturated rings. The lowest BCUT2D eigenvalue weighted by Gasteiger charge is -2.34. The van der Waals surface area contributed by atoms with Crippen LogP contribution in [0.2, 0.25) is 0 Å². The average molecular weight is 437 g/mol. The third-order valence-electron chi connectivity index (χ3n) is 5.65. The number of β-amino-alcohol motifs (C(OH)–C–C–N with tert-alkyl or cyclic N) is 1. The Hall–Kier alpha value is -3.36. The smallest absolute Gasteiger partial charge is 0.409 e. The van der Waals surface area contributed by atoms with E-state index in [-0.39, 0.29) is 18.3 Å². The Morgan fingerprint density at radius 2 is 1.91 bits per heavy atom. The number of nitrogens with one attached hydrogen (secondary N) is 1. The first-order valence-electron chi connectivity index (χ1n) is 10.6. The molecule has 1 saturated heterocycles. The number of hydrogen-bond acceptors (Lipinski definition) is 6. The summed E-state index contributed by atoms with van der Waals surface area (Å²) in [5.74, 6) is 0.652. The zero-order valence-electron chi connectivity index (χ0n) is 18.0. The van der Waals surface area contributed by atoms with Gasteiger partial charge in [-0.3, -0.25) is 9.69 Å². The van der Waals surface area contributed by atoms with Crippen molar-refractivity contribution in [3.63, 3.8) is 0 Å². The summed E-state index contributed by atoms with van der Waals surface area (Å²) in [5, 5.41) is 12.6. The number of aliphatic hydroxyl groups is 1. The van der Waals surface area contributed by atoms with Crippen molar-refractivity contribution in [3.8, 4) is 16.9 Å². The van der Waals surface area contributed by atoms with Gasteiger partial charge in [0, 0.05) is 45.0 Å². The van der Waals surface area contributed by atoms with Gasteiger partial charge in [-0.05, 0) is 40.1 Å². The second-order valence-electron chi connectivity index (χ2n) is 7.86. The SMILES string of the molecule is COC(=O)N1CCN(CC(O)COc2cc(-c3ccc(=O)[nH]c3)c3ccccc3c2)CC1. The molecule has 2 heterocycles. The number of fused-ring (bicyclic) bond motifs is 1. The fraction of sp³-hybridized carbons (Fsp3) is 0.333. The highest BCUT2D eigenvalue weighted by Gasteiger charge is 2.23. The van der Waals surface area contributed by atoms with Gasteiger partial charge in [-0.1, -0.05) is 24.3 Å². The maximum absolute atomic E-state index is 11.6. The number of aliphatic hydroxyl groups excluding tert-OH is 1. The summed E-state index contributed by atoms with van der Waals surface area (Å²) in [6.45, 7) is 3.13. The molecule has 8 nitrogen and oxygen atoms in total. The normalized spacial score (nSPS) is 15.5. The topological polar surface area (TPSA) is 95.1 Å². The molecule has 8 heteroatoms. The van der Waals surface area contributed by atoms with Crippen LogP contribution in [0.15, 0.2) is 59.5 Å². The lowest BCUT2D eigenvalue weighted by molar-refractivity contribution is 0.0436. The van der Waals surface area contributed by atoms with Gasteiger partial charge in [0.2, 0.25) is 5.56 Å². The number of H-pyrrole nitrogens is 1. The quantitative estimate of drug-likeness (QED) is 0.615. The molecule has 1 amide bonds. The van der Waals surface area contributed by atoms with Gasteiger partial charge in [-0.2, -0.15) is 0 Å². The lowest BCUT2D eigenvalue weighted by atomic mass is 9.99. The molecular formula is C24H27N3O5. The van der Waals surface area contributed by atoms with Gasteiger partial charge >= 0.3 is 6.09 Å². The Kier molecular flexibility index (Phi) is 6.72. The summed E-state index contributed by atoms with van der Waals surface area (Å²) in [6.07, 6.45) is 0.710. The molecule has 1 aliphatic rings. The van der Waals surface area contributed by atoms with Crippen LogP contribution < -0.4 is 10.3 Å². The summed E-state index contributed by atoms with van der Waals surface area (Å²) in [4.78, 5) is 29.5. The third kappa shape index (κ3) is 5.09. The van der Waals surface area contributed by atoms with Crippen LogP contribution in [0, 0.1) is 0 Å². The van der Waals surface area contributed by atoms with E-state index in [0.29, 0.717) is 38.5 Å². The standard InChI is InChI=1S/C24H27N3O5/c1-31-24(30)27-10-8-26(9-11-27)15-19(28)16-32-20-12-17-4-2-3-5-21(17)22(13-20)18-6-7-23(29)25-14-18/h2-7,12-14,19,28H,8-11,15-16H2,1H3,(H,25,29). The zero-order chi connectivity index (χ0) is 22.5. The Morgan fingerprint density at radius 1 is 1.12 bits per heavy atom. The molecule has 1 atom stereocenters. The van der Waals surface area contributed by atoms with E-state index < -0.39 is 6.10 Å². The first kappa shape index (κ1) is 21.9. The second-order valence-corrected chi connectivity index (χ2v) is 7.86. The molecule has 0 bridgehead atoms. The van der Waals surface area contributed by atoms with Crippen molar-refractivity contribution >= 4 is 16.9 Å². The number of rotatable bonds is 6. The molecule has 0 saturated carbocycles. The number of nitrogens with zero attached hydrogens (tertiary/aromatic N) is 2. The van der Waals surface area contributed by atoms with E-state index in [4.69, 9.17) is 9.47 Å². The Bertz CT molecular complexity index is 1120. The first-order chi connectivity index (χ1) is 15.5. The van der Waals surface area contributed by atoms with Crippen molar-refractivity contribution in [2.75, 3.05) is 46.4 Å². The Labute approximate surface area is 186 Å². The molecular weight excluding hydrogens is 410 g/mol. The molecule has 2 N–H and O–H groups in total. The third-order valence-corrected chi connectivity index (χ3v) is 5.65. The van der Waals surface area contributed by atoms with Gasteiger partial charge in [-0.25, -0.2) is 4.79 Å². The summed E-state index contributed by atoms with van der Waals surface area (Å²) in [5.41, 5.74) is 1.68. The minimum Gasteiger partial charge on any atom is -0.491 e. The number of carbonyl (C=O) groups excluding carboxylic acids is 1. The Morgan fingerprint density at radius 3 is 2.62 bits per heavy atom. The van der Waals surface area contributed by atoms with Crippen molar-refractivity contribution in [1.82, 2.24) is 14.8 Å². The number of carbonyl (C=O) groups is 1. The van der Waals surface area contributed by atoms with Crippen LogP contribution in [-0.4, -0.2) is 78.5 Å². The number of piperazine rings is 1. The molecule has 2 aromatic carbocycles. The molecule has 0 spiro atoms. The predicted octanol–water partition coefficient (Wildman–Crippen LogP) is 2.32. The number of pyridine rings is 1. The van der Waals surface area contributed by atoms with E-state index in [9.17, 15) is 14.7 Å². The van der Waals surface area contributed by atoms with Gasteiger partial charge in [0.05, 0.1) is 7.11 Å². The number of methoxy groups -OCH3 is 1. The van der Waals surface area contributed by atoms with Crippen LogP contribution in [-0.2, 0) is 4.74 Å². The van der Waals surface area contributed by atoms with Gasteiger partial charge in [0.25, 0.3) is 0 Å². The van der Waals surface area contributed by atoms with E-state index in [1.807, 2.05) is 36.4 Å². The number of ether oxygens (including phenoxy) is 2. The average Bonchev–Trinajstić information content (AvgIpc) is 2.83. The fourth-order valence-electron chi connectivity index (χ4n) is 3.97. The first-order valence-corrected chi connectivity index (χ1v) is 10.6. The number of amides is 1. The molecule has 1 unspecified atom stereocenters. The fourth-order valence-corrected chi connectivity index (χ4v) is 3.97. The molecule has 1 aliphatic heterocycles. The molecule has 32 heavy (non-hydrogen) atoms. The molecule has 0 radical (unpaired) electrons. The minimum absolute atomic E-state index is 0.152. The highest BCUT2D eigenvalue weighted by molar-refractivity contribution is 5.97. The van der Waals surface area contributed by atoms with Crippen molar-refractivity contribution in [1.29, 1.82) is 0 Å². The second kappa shape index (κ2) is 9.84. The van der Waals surface area contributed by atoms with Gasteiger partial charge in [0.1, 0.15) is 18.5 Å². The van der Waals surface area contributed by atoms with Gasteiger partial charge in [-0.15, -0.1) is 0 Å². The number of aromatic amines is 1. The van der Waals surface area contributed by atoms with Crippen LogP contribution in [0.25, 0.3) is 21.9 Å². The molecule has 3 aromatic rings. The van der Waals surface area contributed by atoms with Crippen LogP contribution in [0.3, 0.4) is 0 Å². The van der Waals surface area contributed by atoms with E-state index in [1.165, 1.54) is 13.2 Å². The number of hydrogen-bond donors (Lipinski definition) is 2. The summed E-state index contributed by atoms with van der Waals surface area (Å²) in [6, 6.07) is 15.1. The summed E-state index contributed by atoms with van der Waals surface area (Å²) < 4.78 is 10.7. The molecule has 1 aromatic heterocycles. The van der Waals surface area contributed by atoms with Crippen molar-refractivity contribution in [2.45, 2.75) is 6.10 Å². The van der Waals surface area contributed by atoms with Crippen molar-refractivity contribution < 1.29 is 19.4 Å². The van der Waals surface area contributed by atoms with Crippen molar-refractivity contribution in [2.24, 2.45) is 0 Å². The van der Waals surface area contributed by atoms with Crippen LogP contribution in [0.5, 0.6) is 5.75 Å². The van der Waals surface area contributed by atoms with Gasteiger partial charge in [0.15, 0.2) is 0 Å². The van der Waals surface area contributed by atoms with Crippen LogP contribution in [0.4, 0.5) is 4.79 Å². The molecule has 168 valence electrons. The van der Waals surface area contributed by atoms with E-state index in [2.05, 4.69) is 9.88 Å². The maximum Gasteiger partial charge on any atom is 0.409 e. The monoisotopic (exact) mass is 437 g/mol. The molecule has 4 rings (SSSR count). The largest absolute Gasteiger partial charge is 0.491 e. The zero-order valence-corrected chi connectivity index (χ0v) is 18.0. The summed E-state index contributed by atoms with van der Waals surface area (Å²) >= 11 is 0. The maximum atomic E-state index is 11.6. The van der Waals surface area contributed by atoms with Crippen LogP contribution >= 0.6 is 0 Å². The highest BCUT2D eigenvalue weighted by atomic mass is 16.5. The highest BCUT2D eigenvalue weighted by Crippen LogP contribution is 2.32. The number of aromatic nitrogens is 1. The van der Waals surface area contributed by atoms with E-state index >= 15 is 0 Å². The van der Waals surface area contributed by atoms with Crippen LogP contribution in [0.1, 0.15) is 0 Å². The van der Waals surface area contributed by atoms with Gasteiger partial charge < -0.3 is 24.5 Å². The predicted molar refractivity (Wildman–Crippen MR) is 122 cm³/mol. The minimum atomic E-state index is -0.664. The lowest BCUT2D eigenvalue weighted by Crippen LogP contribution is -2.50. The number of benzene rings is 2. The van der Waals surface area contributed by atoms with E-state index in [0.717, 1.165) is 21.9 Å². The molecule has 0 aliphatic carbocycles. The van der Waals surface area contributed by atoms with Crippen molar-refractivity contribution in [3.05, 3.63) is 65.1 Å².